The summed E-state index contributed by atoms with van der Waals surface area (Å²) in [6.07, 6.45) is 2.12. The Morgan fingerprint density at radius 3 is 2.19 bits per heavy atom. The fourth-order valence-electron chi connectivity index (χ4n) is 3.93. The fraction of sp³-hybridized carbons (Fsp3) is 0.600. The molecule has 3 amide bonds. The number of hydrogen-bond donors (Lipinski definition) is 1. The van der Waals surface area contributed by atoms with Crippen molar-refractivity contribution in [2.45, 2.75) is 38.6 Å². The molecule has 3 rings (SSSR count). The third-order valence-electron chi connectivity index (χ3n) is 5.80. The minimum Gasteiger partial charge on any atom is -0.369 e. The van der Waals surface area contributed by atoms with Crippen molar-refractivity contribution in [2.75, 3.05) is 44.2 Å². The average molecular weight is 358 g/mol. The van der Waals surface area contributed by atoms with Gasteiger partial charge in [0.25, 0.3) is 5.91 Å². The Morgan fingerprint density at radius 1 is 0.962 bits per heavy atom. The first kappa shape index (κ1) is 18.7. The van der Waals surface area contributed by atoms with Gasteiger partial charge in [-0.25, -0.2) is 4.79 Å². The van der Waals surface area contributed by atoms with E-state index in [9.17, 15) is 9.59 Å². The lowest BCUT2D eigenvalue weighted by molar-refractivity contribution is -0.131. The van der Waals surface area contributed by atoms with Crippen LogP contribution < -0.4 is 10.2 Å². The smallest absolute Gasteiger partial charge is 0.325 e. The lowest BCUT2D eigenvalue weighted by atomic mass is 9.93. The number of urea groups is 1. The van der Waals surface area contributed by atoms with E-state index in [4.69, 9.17) is 0 Å². The second-order valence-electron chi connectivity index (χ2n) is 7.19. The summed E-state index contributed by atoms with van der Waals surface area (Å²) >= 11 is 0. The number of carbonyl (C=O) groups excluding carboxylic acids is 2. The molecular weight excluding hydrogens is 328 g/mol. The van der Waals surface area contributed by atoms with Crippen LogP contribution in [0.4, 0.5) is 10.5 Å². The summed E-state index contributed by atoms with van der Waals surface area (Å²) in [4.78, 5) is 31.0. The summed E-state index contributed by atoms with van der Waals surface area (Å²) in [5, 5.41) is 2.90. The normalized spacial score (nSPS) is 20.5. The molecule has 2 fully saturated rings. The molecule has 2 heterocycles. The molecule has 0 unspecified atom stereocenters. The van der Waals surface area contributed by atoms with E-state index in [1.807, 2.05) is 19.9 Å². The van der Waals surface area contributed by atoms with Crippen molar-refractivity contribution >= 4 is 17.6 Å². The number of amides is 3. The molecule has 0 atom stereocenters. The van der Waals surface area contributed by atoms with Crippen molar-refractivity contribution in [3.8, 4) is 0 Å². The lowest BCUT2D eigenvalue weighted by Crippen LogP contribution is -2.47. The zero-order valence-corrected chi connectivity index (χ0v) is 15.9. The number of rotatable bonds is 7. The van der Waals surface area contributed by atoms with Gasteiger partial charge in [-0.3, -0.25) is 14.6 Å². The largest absolute Gasteiger partial charge is 0.369 e. The topological polar surface area (TPSA) is 55.9 Å². The molecule has 2 aliphatic heterocycles. The van der Waals surface area contributed by atoms with E-state index in [1.165, 1.54) is 10.6 Å². The van der Waals surface area contributed by atoms with Gasteiger partial charge in [0.1, 0.15) is 5.54 Å². The molecule has 0 saturated carbocycles. The number of anilines is 1. The van der Waals surface area contributed by atoms with Gasteiger partial charge in [-0.1, -0.05) is 32.0 Å². The molecule has 0 aromatic heterocycles. The van der Waals surface area contributed by atoms with Crippen molar-refractivity contribution in [2.24, 2.45) is 0 Å². The third-order valence-corrected chi connectivity index (χ3v) is 5.80. The zero-order chi connectivity index (χ0) is 18.6. The number of para-hydroxylation sites is 1. The van der Waals surface area contributed by atoms with Gasteiger partial charge in [-0.05, 0) is 37.9 Å². The zero-order valence-electron chi connectivity index (χ0n) is 15.9. The van der Waals surface area contributed by atoms with Crippen LogP contribution in [0, 0.1) is 0 Å². The second kappa shape index (κ2) is 8.08. The summed E-state index contributed by atoms with van der Waals surface area (Å²) in [7, 11) is 0. The van der Waals surface area contributed by atoms with Gasteiger partial charge < -0.3 is 10.2 Å². The van der Waals surface area contributed by atoms with Crippen LogP contribution in [-0.4, -0.2) is 66.5 Å². The first-order valence-corrected chi connectivity index (χ1v) is 9.76. The highest BCUT2D eigenvalue weighted by Crippen LogP contribution is 2.25. The van der Waals surface area contributed by atoms with Crippen molar-refractivity contribution < 1.29 is 9.59 Å². The third kappa shape index (κ3) is 3.70. The number of hydrogen-bond acceptors (Lipinski definition) is 4. The Hall–Kier alpha value is -2.08. The summed E-state index contributed by atoms with van der Waals surface area (Å²) in [5.41, 5.74) is 0.597. The highest BCUT2D eigenvalue weighted by atomic mass is 16.2. The highest BCUT2D eigenvalue weighted by molar-refractivity contribution is 6.06. The number of benzene rings is 1. The Morgan fingerprint density at radius 2 is 1.62 bits per heavy atom. The van der Waals surface area contributed by atoms with Crippen molar-refractivity contribution in [3.05, 3.63) is 30.3 Å². The van der Waals surface area contributed by atoms with Gasteiger partial charge in [0.15, 0.2) is 0 Å². The van der Waals surface area contributed by atoms with Gasteiger partial charge in [0.05, 0.1) is 0 Å². The Labute approximate surface area is 156 Å². The fourth-order valence-corrected chi connectivity index (χ4v) is 3.93. The van der Waals surface area contributed by atoms with Crippen LogP contribution in [0.1, 0.15) is 33.1 Å². The number of nitrogens with zero attached hydrogens (tertiary/aromatic N) is 3. The predicted molar refractivity (Wildman–Crippen MR) is 103 cm³/mol. The molecular formula is C20H30N4O2. The minimum atomic E-state index is -0.682. The molecule has 1 aromatic rings. The summed E-state index contributed by atoms with van der Waals surface area (Å²) < 4.78 is 0. The van der Waals surface area contributed by atoms with Gasteiger partial charge >= 0.3 is 6.03 Å². The molecule has 2 aliphatic rings. The van der Waals surface area contributed by atoms with E-state index in [1.54, 1.807) is 0 Å². The predicted octanol–water partition coefficient (Wildman–Crippen LogP) is 2.31. The molecule has 26 heavy (non-hydrogen) atoms. The molecule has 6 nitrogen and oxygen atoms in total. The molecule has 1 aromatic carbocycles. The monoisotopic (exact) mass is 358 g/mol. The summed E-state index contributed by atoms with van der Waals surface area (Å²) in [6, 6.07) is 10.3. The SMILES string of the molecule is CCC1(CC)NC(=O)N(CCCN2CCN(c3ccccc3)CC2)C1=O. The summed E-state index contributed by atoms with van der Waals surface area (Å²) in [5.74, 6) is -0.0543. The maximum atomic E-state index is 12.6. The first-order chi connectivity index (χ1) is 12.6. The van der Waals surface area contributed by atoms with E-state index in [2.05, 4.69) is 39.4 Å². The quantitative estimate of drug-likeness (QED) is 0.760. The molecule has 0 aliphatic carbocycles. The molecule has 2 saturated heterocycles. The van der Waals surface area contributed by atoms with Gasteiger partial charge in [-0.2, -0.15) is 0 Å². The number of nitrogens with one attached hydrogen (secondary N) is 1. The highest BCUT2D eigenvalue weighted by Gasteiger charge is 2.48. The maximum absolute atomic E-state index is 12.6. The van der Waals surface area contributed by atoms with E-state index >= 15 is 0 Å². The first-order valence-electron chi connectivity index (χ1n) is 9.76. The van der Waals surface area contributed by atoms with Gasteiger partial charge in [0.2, 0.25) is 0 Å². The molecule has 1 N–H and O–H groups in total. The minimum absolute atomic E-state index is 0.0543. The number of carbonyl (C=O) groups is 2. The van der Waals surface area contributed by atoms with Crippen LogP contribution in [0.15, 0.2) is 30.3 Å². The second-order valence-corrected chi connectivity index (χ2v) is 7.19. The van der Waals surface area contributed by atoms with E-state index in [0.29, 0.717) is 19.4 Å². The van der Waals surface area contributed by atoms with Gasteiger partial charge in [-0.15, -0.1) is 0 Å². The number of imide groups is 1. The maximum Gasteiger partial charge on any atom is 0.325 e. The van der Waals surface area contributed by atoms with E-state index in [-0.39, 0.29) is 11.9 Å². The standard InChI is InChI=1S/C20H30N4O2/c1-3-20(4-2)18(25)24(19(26)21-20)12-8-11-22-13-15-23(16-14-22)17-9-6-5-7-10-17/h5-7,9-10H,3-4,8,11-16H2,1-2H3,(H,21,26). The molecule has 0 bridgehead atoms. The van der Waals surface area contributed by atoms with Crippen LogP contribution in [-0.2, 0) is 4.79 Å². The number of piperazine rings is 1. The van der Waals surface area contributed by atoms with Crippen LogP contribution in [0.25, 0.3) is 0 Å². The van der Waals surface area contributed by atoms with Gasteiger partial charge in [0, 0.05) is 38.4 Å². The van der Waals surface area contributed by atoms with Crippen LogP contribution in [0.5, 0.6) is 0 Å². The van der Waals surface area contributed by atoms with Crippen LogP contribution in [0.3, 0.4) is 0 Å². The Bertz CT molecular complexity index is 622. The van der Waals surface area contributed by atoms with Crippen LogP contribution >= 0.6 is 0 Å². The molecule has 0 spiro atoms. The van der Waals surface area contributed by atoms with Crippen LogP contribution in [0.2, 0.25) is 0 Å². The van der Waals surface area contributed by atoms with Crippen molar-refractivity contribution in [3.63, 3.8) is 0 Å². The Kier molecular flexibility index (Phi) is 5.81. The van der Waals surface area contributed by atoms with E-state index in [0.717, 1.165) is 39.1 Å². The Balaban J connectivity index is 1.43. The van der Waals surface area contributed by atoms with E-state index < -0.39 is 5.54 Å². The van der Waals surface area contributed by atoms with Crippen molar-refractivity contribution in [1.82, 2.24) is 15.1 Å². The van der Waals surface area contributed by atoms with Crippen molar-refractivity contribution in [1.29, 1.82) is 0 Å². The summed E-state index contributed by atoms with van der Waals surface area (Å²) in [6.45, 7) is 9.40. The molecule has 6 heteroatoms. The average Bonchev–Trinajstić information content (AvgIpc) is 2.94. The lowest BCUT2D eigenvalue weighted by Gasteiger charge is -2.36. The molecule has 0 radical (unpaired) electrons. The molecule has 142 valence electrons.